The molecule has 0 saturated carbocycles. The zero-order valence-corrected chi connectivity index (χ0v) is 17.1. The van der Waals surface area contributed by atoms with Crippen molar-refractivity contribution in [3.8, 4) is 11.5 Å². The van der Waals surface area contributed by atoms with Crippen molar-refractivity contribution in [3.05, 3.63) is 76.0 Å². The van der Waals surface area contributed by atoms with Crippen LogP contribution in [0.2, 0.25) is 0 Å². The van der Waals surface area contributed by atoms with Crippen LogP contribution in [-0.4, -0.2) is 30.1 Å². The second-order valence-electron chi connectivity index (χ2n) is 7.14. The van der Waals surface area contributed by atoms with Crippen molar-refractivity contribution in [1.82, 2.24) is 5.32 Å². The molecule has 30 heavy (non-hydrogen) atoms. The highest BCUT2D eigenvalue weighted by Gasteiger charge is 2.43. The average Bonchev–Trinajstić information content (AvgIpc) is 3.01. The number of nitrogens with one attached hydrogen (secondary N) is 1. The van der Waals surface area contributed by atoms with E-state index < -0.39 is 11.9 Å². The van der Waals surface area contributed by atoms with Crippen LogP contribution in [0.1, 0.15) is 48.2 Å². The van der Waals surface area contributed by atoms with Gasteiger partial charge >= 0.3 is 5.97 Å². The van der Waals surface area contributed by atoms with Gasteiger partial charge in [0.1, 0.15) is 0 Å². The molecule has 0 saturated heterocycles. The molecule has 0 unspecified atom stereocenters. The molecular weight excluding hydrogens is 382 g/mol. The van der Waals surface area contributed by atoms with E-state index in [4.69, 9.17) is 9.47 Å². The Morgan fingerprint density at radius 3 is 2.53 bits per heavy atom. The Labute approximate surface area is 174 Å². The molecule has 0 fully saturated rings. The van der Waals surface area contributed by atoms with Gasteiger partial charge in [-0.05, 0) is 38.5 Å². The van der Waals surface area contributed by atoms with Crippen LogP contribution in [0.3, 0.4) is 0 Å². The molecule has 0 radical (unpaired) electrons. The van der Waals surface area contributed by atoms with E-state index in [1.54, 1.807) is 32.0 Å². The fourth-order valence-electron chi connectivity index (χ4n) is 4.12. The molecule has 154 valence electrons. The molecule has 1 aliphatic carbocycles. The molecule has 4 rings (SSSR count). The Morgan fingerprint density at radius 1 is 1.10 bits per heavy atom. The molecular formula is C24H23NO5. The van der Waals surface area contributed by atoms with Crippen molar-refractivity contribution < 1.29 is 24.2 Å². The lowest BCUT2D eigenvalue weighted by molar-refractivity contribution is -0.138. The second-order valence-corrected chi connectivity index (χ2v) is 7.14. The summed E-state index contributed by atoms with van der Waals surface area (Å²) >= 11 is 0. The van der Waals surface area contributed by atoms with Crippen molar-refractivity contribution in [2.24, 2.45) is 0 Å². The van der Waals surface area contributed by atoms with Gasteiger partial charge in [0.05, 0.1) is 24.5 Å². The topological polar surface area (TPSA) is 84.9 Å². The van der Waals surface area contributed by atoms with E-state index >= 15 is 0 Å². The number of fused-ring (bicyclic) bond motifs is 2. The number of esters is 1. The molecule has 0 aromatic heterocycles. The first kappa shape index (κ1) is 19.8. The molecule has 1 heterocycles. The van der Waals surface area contributed by atoms with Crippen LogP contribution in [-0.2, 0) is 9.53 Å². The quantitative estimate of drug-likeness (QED) is 0.734. The molecule has 2 aliphatic rings. The van der Waals surface area contributed by atoms with Crippen molar-refractivity contribution in [2.75, 3.05) is 13.2 Å². The summed E-state index contributed by atoms with van der Waals surface area (Å²) in [6.07, 6.45) is 0. The average molecular weight is 405 g/mol. The first-order valence-electron chi connectivity index (χ1n) is 9.96. The smallest absolute Gasteiger partial charge is 0.336 e. The Kier molecular flexibility index (Phi) is 5.08. The van der Waals surface area contributed by atoms with Crippen LogP contribution in [0.4, 0.5) is 0 Å². The van der Waals surface area contributed by atoms with E-state index in [1.165, 1.54) is 6.07 Å². The lowest BCUT2D eigenvalue weighted by Crippen LogP contribution is -2.29. The monoisotopic (exact) mass is 405 g/mol. The number of ketones is 1. The number of Topliss-reactive ketones (excluding diaryl/α,β-unsaturated/α-hetero) is 1. The lowest BCUT2D eigenvalue weighted by atomic mass is 9.79. The van der Waals surface area contributed by atoms with Gasteiger partial charge in [-0.25, -0.2) is 4.79 Å². The van der Waals surface area contributed by atoms with Gasteiger partial charge in [-0.1, -0.05) is 30.3 Å². The zero-order valence-electron chi connectivity index (χ0n) is 17.1. The Balaban J connectivity index is 1.92. The fraction of sp³-hybridized carbons (Fsp3) is 0.250. The largest absolute Gasteiger partial charge is 0.504 e. The normalized spacial score (nSPS) is 17.4. The van der Waals surface area contributed by atoms with Gasteiger partial charge in [0, 0.05) is 28.3 Å². The number of carbonyl (C=O) groups excluding carboxylic acids is 2. The lowest BCUT2D eigenvalue weighted by Gasteiger charge is -2.29. The third-order valence-corrected chi connectivity index (χ3v) is 5.36. The van der Waals surface area contributed by atoms with Crippen LogP contribution in [0.5, 0.6) is 11.5 Å². The van der Waals surface area contributed by atoms with E-state index in [0.29, 0.717) is 46.0 Å². The SMILES string of the molecule is CCOC(=O)C1=C(C)NC2=C(C(=O)c3ccccc32)[C@H]1c1ccc(O)c(OCC)c1. The van der Waals surface area contributed by atoms with Crippen molar-refractivity contribution in [2.45, 2.75) is 26.7 Å². The molecule has 1 aliphatic heterocycles. The number of ether oxygens (including phenoxy) is 2. The van der Waals surface area contributed by atoms with Gasteiger partial charge in [-0.15, -0.1) is 0 Å². The van der Waals surface area contributed by atoms with Crippen LogP contribution in [0.25, 0.3) is 5.70 Å². The summed E-state index contributed by atoms with van der Waals surface area (Å²) < 4.78 is 10.9. The molecule has 6 heteroatoms. The maximum atomic E-state index is 13.4. The van der Waals surface area contributed by atoms with E-state index in [2.05, 4.69) is 5.32 Å². The Hall–Kier alpha value is -3.54. The zero-order chi connectivity index (χ0) is 21.4. The maximum Gasteiger partial charge on any atom is 0.336 e. The van der Waals surface area contributed by atoms with Crippen LogP contribution in [0, 0.1) is 0 Å². The summed E-state index contributed by atoms with van der Waals surface area (Å²) in [7, 11) is 0. The highest BCUT2D eigenvalue weighted by molar-refractivity contribution is 6.23. The number of dihydropyridines is 1. The van der Waals surface area contributed by atoms with Crippen LogP contribution in [0.15, 0.2) is 59.3 Å². The van der Waals surface area contributed by atoms with Crippen molar-refractivity contribution in [3.63, 3.8) is 0 Å². The van der Waals surface area contributed by atoms with Crippen LogP contribution < -0.4 is 10.1 Å². The van der Waals surface area contributed by atoms with E-state index in [1.807, 2.05) is 25.1 Å². The predicted octanol–water partition coefficient (Wildman–Crippen LogP) is 3.92. The van der Waals surface area contributed by atoms with E-state index in [-0.39, 0.29) is 18.1 Å². The van der Waals surface area contributed by atoms with E-state index in [9.17, 15) is 14.7 Å². The molecule has 0 spiro atoms. The molecule has 0 amide bonds. The highest BCUT2D eigenvalue weighted by atomic mass is 16.5. The summed E-state index contributed by atoms with van der Waals surface area (Å²) in [5, 5.41) is 13.4. The number of allylic oxidation sites excluding steroid dienone is 2. The van der Waals surface area contributed by atoms with Crippen molar-refractivity contribution in [1.29, 1.82) is 0 Å². The Bertz CT molecular complexity index is 1110. The highest BCUT2D eigenvalue weighted by Crippen LogP contribution is 2.47. The van der Waals surface area contributed by atoms with Crippen molar-refractivity contribution >= 4 is 17.4 Å². The van der Waals surface area contributed by atoms with Gasteiger partial charge in [0.15, 0.2) is 17.3 Å². The van der Waals surface area contributed by atoms with E-state index in [0.717, 1.165) is 5.56 Å². The minimum absolute atomic E-state index is 0.00292. The predicted molar refractivity (Wildman–Crippen MR) is 112 cm³/mol. The number of hydrogen-bond acceptors (Lipinski definition) is 6. The first-order valence-corrected chi connectivity index (χ1v) is 9.96. The van der Waals surface area contributed by atoms with Gasteiger partial charge in [0.25, 0.3) is 0 Å². The standard InChI is InChI=1S/C24H23NO5/c1-4-29-18-12-14(10-11-17(18)26)20-19(24(28)30-5-2)13(3)25-22-15-8-6-7-9-16(15)23(27)21(20)22/h6-12,20,25-26H,4-5H2,1-3H3/t20-/m0/s1. The summed E-state index contributed by atoms with van der Waals surface area (Å²) in [5.74, 6) is -0.935. The number of aromatic hydroxyl groups is 1. The second kappa shape index (κ2) is 7.71. The number of phenols is 1. The summed E-state index contributed by atoms with van der Waals surface area (Å²) in [4.78, 5) is 26.3. The molecule has 0 bridgehead atoms. The van der Waals surface area contributed by atoms with Gasteiger partial charge < -0.3 is 19.9 Å². The third-order valence-electron chi connectivity index (χ3n) is 5.36. The van der Waals surface area contributed by atoms with Gasteiger partial charge in [-0.3, -0.25) is 4.79 Å². The molecule has 2 aromatic carbocycles. The third kappa shape index (κ3) is 3.05. The molecule has 2 aromatic rings. The van der Waals surface area contributed by atoms with Crippen LogP contribution >= 0.6 is 0 Å². The minimum Gasteiger partial charge on any atom is -0.504 e. The first-order chi connectivity index (χ1) is 14.5. The fourth-order valence-corrected chi connectivity index (χ4v) is 4.12. The summed E-state index contributed by atoms with van der Waals surface area (Å²) in [6.45, 7) is 5.97. The van der Waals surface area contributed by atoms with Gasteiger partial charge in [-0.2, -0.15) is 0 Å². The number of benzene rings is 2. The molecule has 2 N–H and O–H groups in total. The summed E-state index contributed by atoms with van der Waals surface area (Å²) in [5.41, 5.74) is 4.30. The molecule has 1 atom stereocenters. The minimum atomic E-state index is -0.639. The Morgan fingerprint density at radius 2 is 1.83 bits per heavy atom. The number of hydrogen-bond donors (Lipinski definition) is 2. The summed E-state index contributed by atoms with van der Waals surface area (Å²) in [6, 6.07) is 12.3. The number of carbonyl (C=O) groups is 2. The molecule has 6 nitrogen and oxygen atoms in total. The van der Waals surface area contributed by atoms with Gasteiger partial charge in [0.2, 0.25) is 0 Å². The maximum absolute atomic E-state index is 13.4. The number of rotatable bonds is 5. The number of phenolic OH excluding ortho intramolecular Hbond substituents is 1.